The van der Waals surface area contributed by atoms with Crippen LogP contribution in [0.3, 0.4) is 0 Å². The van der Waals surface area contributed by atoms with Crippen molar-refractivity contribution in [3.63, 3.8) is 0 Å². The molecule has 7 nitrogen and oxygen atoms in total. The van der Waals surface area contributed by atoms with Gasteiger partial charge in [0.15, 0.2) is 11.5 Å². The molecule has 1 aromatic carbocycles. The van der Waals surface area contributed by atoms with E-state index in [1.807, 2.05) is 0 Å². The summed E-state index contributed by atoms with van der Waals surface area (Å²) >= 11 is 0. The largest absolute Gasteiger partial charge is 0.486 e. The summed E-state index contributed by atoms with van der Waals surface area (Å²) in [6.45, 7) is 0.934. The van der Waals surface area contributed by atoms with E-state index in [2.05, 4.69) is 5.16 Å². The smallest absolute Gasteiger partial charge is 0.358 e. The van der Waals surface area contributed by atoms with Gasteiger partial charge in [0, 0.05) is 0 Å². The highest BCUT2D eigenvalue weighted by Crippen LogP contribution is 2.37. The molecule has 3 rings (SSSR count). The number of nitrogens with zero attached hydrogens (tertiary/aromatic N) is 1. The highest BCUT2D eigenvalue weighted by molar-refractivity contribution is 5.97. The lowest BCUT2D eigenvalue weighted by atomic mass is 10.0. The minimum atomic E-state index is -1.20. The van der Waals surface area contributed by atoms with Crippen LogP contribution in [0.4, 0.5) is 5.88 Å². The first kappa shape index (κ1) is 11.4. The number of aromatic carboxylic acids is 1. The molecule has 0 spiro atoms. The fourth-order valence-electron chi connectivity index (χ4n) is 1.93. The number of carboxylic acid groups (broad SMARTS) is 1. The Labute approximate surface area is 107 Å². The maximum absolute atomic E-state index is 11.1. The lowest BCUT2D eigenvalue weighted by Gasteiger charge is -2.18. The maximum atomic E-state index is 11.1. The second kappa shape index (κ2) is 4.20. The van der Waals surface area contributed by atoms with Crippen molar-refractivity contribution in [3.8, 4) is 22.6 Å². The number of aromatic nitrogens is 1. The number of ether oxygens (including phenoxy) is 2. The number of benzene rings is 1. The van der Waals surface area contributed by atoms with Gasteiger partial charge in [0.1, 0.15) is 13.2 Å². The Bertz CT molecular complexity index is 650. The number of hydrogen-bond donors (Lipinski definition) is 2. The minimum absolute atomic E-state index is 0.0472. The summed E-state index contributed by atoms with van der Waals surface area (Å²) in [6.07, 6.45) is 0. The molecule has 0 radical (unpaired) electrons. The Balaban J connectivity index is 2.12. The number of rotatable bonds is 2. The molecule has 0 fully saturated rings. The standard InChI is InChI=1S/C12H10N2O5/c13-11-9(10(12(15)16)14-19-11)6-1-2-7-8(5-6)18-4-3-17-7/h1-2,5H,3-4,13H2,(H,15,16). The maximum Gasteiger partial charge on any atom is 0.358 e. The van der Waals surface area contributed by atoms with Gasteiger partial charge >= 0.3 is 5.97 Å². The van der Waals surface area contributed by atoms with E-state index in [9.17, 15) is 4.79 Å². The highest BCUT2D eigenvalue weighted by Gasteiger charge is 2.23. The molecule has 0 saturated heterocycles. The molecule has 0 bridgehead atoms. The molecule has 7 heteroatoms. The van der Waals surface area contributed by atoms with E-state index in [4.69, 9.17) is 24.8 Å². The van der Waals surface area contributed by atoms with Gasteiger partial charge in [-0.2, -0.15) is 0 Å². The van der Waals surface area contributed by atoms with Gasteiger partial charge in [-0.25, -0.2) is 4.79 Å². The number of carbonyl (C=O) groups is 1. The number of anilines is 1. The predicted octanol–water partition coefficient (Wildman–Crippen LogP) is 1.39. The Morgan fingerprint density at radius 1 is 1.26 bits per heavy atom. The van der Waals surface area contributed by atoms with Gasteiger partial charge < -0.3 is 24.8 Å². The predicted molar refractivity (Wildman–Crippen MR) is 64.3 cm³/mol. The zero-order valence-electron chi connectivity index (χ0n) is 9.75. The monoisotopic (exact) mass is 262 g/mol. The van der Waals surface area contributed by atoms with Crippen LogP contribution in [0.1, 0.15) is 10.5 Å². The second-order valence-electron chi connectivity index (χ2n) is 3.93. The van der Waals surface area contributed by atoms with Crippen LogP contribution in [0.2, 0.25) is 0 Å². The number of nitrogens with two attached hydrogens (primary N) is 1. The van der Waals surface area contributed by atoms with Crippen LogP contribution in [-0.4, -0.2) is 29.4 Å². The van der Waals surface area contributed by atoms with Gasteiger partial charge in [0.2, 0.25) is 11.6 Å². The normalized spacial score (nSPS) is 13.3. The molecular formula is C12H10N2O5. The molecular weight excluding hydrogens is 252 g/mol. The molecule has 0 atom stereocenters. The van der Waals surface area contributed by atoms with Gasteiger partial charge in [-0.05, 0) is 17.7 Å². The van der Waals surface area contributed by atoms with Crippen molar-refractivity contribution >= 4 is 11.9 Å². The number of hydrogen-bond acceptors (Lipinski definition) is 6. The summed E-state index contributed by atoms with van der Waals surface area (Å²) in [6, 6.07) is 5.04. The van der Waals surface area contributed by atoms with Crippen molar-refractivity contribution in [2.24, 2.45) is 0 Å². The molecule has 19 heavy (non-hydrogen) atoms. The summed E-state index contributed by atoms with van der Waals surface area (Å²) in [5.41, 5.74) is 6.19. The van der Waals surface area contributed by atoms with Crippen molar-refractivity contribution in [2.45, 2.75) is 0 Å². The van der Waals surface area contributed by atoms with Crippen LogP contribution in [0.15, 0.2) is 22.7 Å². The lowest BCUT2D eigenvalue weighted by Crippen LogP contribution is -2.15. The molecule has 0 amide bonds. The molecule has 1 aliphatic heterocycles. The fourth-order valence-corrected chi connectivity index (χ4v) is 1.93. The molecule has 1 aromatic heterocycles. The summed E-state index contributed by atoms with van der Waals surface area (Å²) in [5, 5.41) is 12.5. The topological polar surface area (TPSA) is 108 Å². The summed E-state index contributed by atoms with van der Waals surface area (Å²) in [5.74, 6) is -0.0954. The van der Waals surface area contributed by atoms with Crippen LogP contribution in [-0.2, 0) is 0 Å². The molecule has 0 aliphatic carbocycles. The van der Waals surface area contributed by atoms with E-state index >= 15 is 0 Å². The van der Waals surface area contributed by atoms with Crippen molar-refractivity contribution in [1.29, 1.82) is 0 Å². The van der Waals surface area contributed by atoms with Gasteiger partial charge in [-0.1, -0.05) is 11.2 Å². The first-order chi connectivity index (χ1) is 9.16. The highest BCUT2D eigenvalue weighted by atomic mass is 16.6. The third kappa shape index (κ3) is 1.85. The molecule has 98 valence electrons. The summed E-state index contributed by atoms with van der Waals surface area (Å²) in [4.78, 5) is 11.1. The lowest BCUT2D eigenvalue weighted by molar-refractivity contribution is 0.0686. The molecule has 3 N–H and O–H groups in total. The third-order valence-corrected chi connectivity index (χ3v) is 2.75. The van der Waals surface area contributed by atoms with Crippen LogP contribution in [0.25, 0.3) is 11.1 Å². The van der Waals surface area contributed by atoms with E-state index in [0.29, 0.717) is 30.3 Å². The zero-order chi connectivity index (χ0) is 13.4. The average Bonchev–Trinajstić information content (AvgIpc) is 2.80. The van der Waals surface area contributed by atoms with Crippen molar-refractivity contribution in [3.05, 3.63) is 23.9 Å². The van der Waals surface area contributed by atoms with Gasteiger partial charge in [0.05, 0.1) is 5.56 Å². The first-order valence-electron chi connectivity index (χ1n) is 5.55. The molecule has 0 unspecified atom stereocenters. The first-order valence-corrected chi connectivity index (χ1v) is 5.55. The van der Waals surface area contributed by atoms with Crippen LogP contribution in [0, 0.1) is 0 Å². The Kier molecular flexibility index (Phi) is 2.52. The number of carboxylic acids is 1. The molecule has 1 aliphatic rings. The average molecular weight is 262 g/mol. The van der Waals surface area contributed by atoms with Crippen molar-refractivity contribution in [1.82, 2.24) is 5.16 Å². The van der Waals surface area contributed by atoms with E-state index in [-0.39, 0.29) is 17.1 Å². The van der Waals surface area contributed by atoms with Crippen molar-refractivity contribution in [2.75, 3.05) is 18.9 Å². The molecule has 2 aromatic rings. The Hall–Kier alpha value is -2.70. The van der Waals surface area contributed by atoms with E-state index in [1.165, 1.54) is 0 Å². The number of fused-ring (bicyclic) bond motifs is 1. The summed E-state index contributed by atoms with van der Waals surface area (Å²) in [7, 11) is 0. The van der Waals surface area contributed by atoms with E-state index < -0.39 is 5.97 Å². The Morgan fingerprint density at radius 3 is 2.74 bits per heavy atom. The molecule has 2 heterocycles. The minimum Gasteiger partial charge on any atom is -0.486 e. The van der Waals surface area contributed by atoms with Crippen LogP contribution >= 0.6 is 0 Å². The van der Waals surface area contributed by atoms with Crippen LogP contribution in [0.5, 0.6) is 11.5 Å². The van der Waals surface area contributed by atoms with Gasteiger partial charge in [0.25, 0.3) is 0 Å². The van der Waals surface area contributed by atoms with Crippen LogP contribution < -0.4 is 15.2 Å². The fraction of sp³-hybridized carbons (Fsp3) is 0.167. The molecule has 0 saturated carbocycles. The van der Waals surface area contributed by atoms with Crippen molar-refractivity contribution < 1.29 is 23.9 Å². The third-order valence-electron chi connectivity index (χ3n) is 2.75. The second-order valence-corrected chi connectivity index (χ2v) is 3.93. The summed E-state index contributed by atoms with van der Waals surface area (Å²) < 4.78 is 15.6. The SMILES string of the molecule is Nc1onc(C(=O)O)c1-c1ccc2c(c1)OCCO2. The number of nitrogen functional groups attached to an aromatic ring is 1. The van der Waals surface area contributed by atoms with Gasteiger partial charge in [-0.3, -0.25) is 0 Å². The zero-order valence-corrected chi connectivity index (χ0v) is 9.75. The van der Waals surface area contributed by atoms with E-state index in [0.717, 1.165) is 0 Å². The Morgan fingerprint density at radius 2 is 2.00 bits per heavy atom. The van der Waals surface area contributed by atoms with E-state index in [1.54, 1.807) is 18.2 Å². The van der Waals surface area contributed by atoms with Gasteiger partial charge in [-0.15, -0.1) is 0 Å². The quantitative estimate of drug-likeness (QED) is 0.841.